The molecule has 0 atom stereocenters. The molecule has 2 aromatic rings. The minimum absolute atomic E-state index is 0.675. The normalized spacial score (nSPS) is 14.4. The largest absolute Gasteiger partial charge is 0.184 e. The molecular weight excluding hydrogens is 208 g/mol. The molecule has 2 nitrogen and oxygen atoms in total. The third-order valence-corrected chi connectivity index (χ3v) is 2.85. The van der Waals surface area contributed by atoms with E-state index in [-0.39, 0.29) is 0 Å². The zero-order chi connectivity index (χ0) is 11.5. The minimum Gasteiger partial charge on any atom is -0.184 e. The smallest absolute Gasteiger partial charge is 0.0982 e. The molecule has 0 N–H and O–H groups in total. The molecule has 0 amide bonds. The Hall–Kier alpha value is -2.22. The van der Waals surface area contributed by atoms with E-state index < -0.39 is 0 Å². The van der Waals surface area contributed by atoms with Gasteiger partial charge in [0.15, 0.2) is 0 Å². The second-order valence-electron chi connectivity index (χ2n) is 3.96. The van der Waals surface area contributed by atoms with Gasteiger partial charge >= 0.3 is 0 Å². The molecule has 0 bridgehead atoms. The summed E-state index contributed by atoms with van der Waals surface area (Å²) in [6.07, 6.45) is 0. The van der Waals surface area contributed by atoms with Crippen LogP contribution in [0.3, 0.4) is 0 Å². The van der Waals surface area contributed by atoms with Crippen molar-refractivity contribution in [1.29, 1.82) is 0 Å². The number of hydrogen-bond donors (Lipinski definition) is 0. The van der Waals surface area contributed by atoms with Gasteiger partial charge in [-0.3, -0.25) is 0 Å². The van der Waals surface area contributed by atoms with E-state index in [4.69, 9.17) is 0 Å². The maximum Gasteiger partial charge on any atom is 0.0982 e. The van der Waals surface area contributed by atoms with E-state index in [0.717, 1.165) is 11.3 Å². The summed E-state index contributed by atoms with van der Waals surface area (Å²) in [5, 5.41) is 8.42. The topological polar surface area (TPSA) is 24.7 Å². The summed E-state index contributed by atoms with van der Waals surface area (Å²) >= 11 is 0. The highest BCUT2D eigenvalue weighted by Gasteiger charge is 2.15. The van der Waals surface area contributed by atoms with Crippen molar-refractivity contribution in [1.82, 2.24) is 0 Å². The Balaban J connectivity index is 2.10. The highest BCUT2D eigenvalue weighted by molar-refractivity contribution is 5.92. The minimum atomic E-state index is 0.675. The second-order valence-corrected chi connectivity index (χ2v) is 3.96. The van der Waals surface area contributed by atoms with Crippen LogP contribution in [0.4, 0.5) is 0 Å². The number of azo groups is 1. The van der Waals surface area contributed by atoms with Crippen molar-refractivity contribution in [3.63, 3.8) is 0 Å². The average molecular weight is 220 g/mol. The van der Waals surface area contributed by atoms with Crippen LogP contribution in [-0.2, 0) is 0 Å². The van der Waals surface area contributed by atoms with Gasteiger partial charge in [0.25, 0.3) is 0 Å². The molecule has 0 unspecified atom stereocenters. The molecule has 0 aromatic heterocycles. The number of benzene rings is 2. The van der Waals surface area contributed by atoms with Crippen LogP contribution in [0.2, 0.25) is 0 Å². The van der Waals surface area contributed by atoms with Gasteiger partial charge in [-0.05, 0) is 5.56 Å². The van der Waals surface area contributed by atoms with Crippen LogP contribution in [-0.4, -0.2) is 6.54 Å². The maximum atomic E-state index is 4.27. The van der Waals surface area contributed by atoms with Crippen LogP contribution in [0.25, 0.3) is 11.3 Å². The molecule has 1 aliphatic heterocycles. The van der Waals surface area contributed by atoms with Crippen molar-refractivity contribution in [2.24, 2.45) is 10.2 Å². The molecule has 1 aliphatic rings. The van der Waals surface area contributed by atoms with Gasteiger partial charge in [-0.15, -0.1) is 0 Å². The standard InChI is InChI=1S/C15H12N2/c1-3-7-12(8-4-1)14-11-16-17-15(14)13-9-5-2-6-10-13/h1-10H,11H2. The van der Waals surface area contributed by atoms with Crippen LogP contribution >= 0.6 is 0 Å². The first kappa shape index (κ1) is 9.97. The van der Waals surface area contributed by atoms with Gasteiger partial charge in [-0.1, -0.05) is 60.7 Å². The highest BCUT2D eigenvalue weighted by Crippen LogP contribution is 2.31. The van der Waals surface area contributed by atoms with Gasteiger partial charge in [0.1, 0.15) is 0 Å². The Morgan fingerprint density at radius 3 is 1.94 bits per heavy atom. The lowest BCUT2D eigenvalue weighted by atomic mass is 10.0. The molecule has 1 heterocycles. The van der Waals surface area contributed by atoms with Crippen LogP contribution in [0.15, 0.2) is 70.9 Å². The van der Waals surface area contributed by atoms with Crippen LogP contribution in [0.1, 0.15) is 11.1 Å². The first-order chi connectivity index (χ1) is 8.45. The SMILES string of the molecule is c1ccc(C2=C(c3ccccc3)N=NC2)cc1. The first-order valence-electron chi connectivity index (χ1n) is 5.66. The van der Waals surface area contributed by atoms with Gasteiger partial charge in [-0.2, -0.15) is 10.2 Å². The average Bonchev–Trinajstić information content (AvgIpc) is 2.90. The lowest BCUT2D eigenvalue weighted by Gasteiger charge is -2.04. The third kappa shape index (κ3) is 1.89. The Kier molecular flexibility index (Phi) is 2.54. The van der Waals surface area contributed by atoms with Crippen LogP contribution < -0.4 is 0 Å². The third-order valence-electron chi connectivity index (χ3n) is 2.85. The summed E-state index contributed by atoms with van der Waals surface area (Å²) in [5.41, 5.74) is 4.54. The zero-order valence-electron chi connectivity index (χ0n) is 9.38. The Morgan fingerprint density at radius 1 is 0.706 bits per heavy atom. The number of hydrogen-bond acceptors (Lipinski definition) is 2. The van der Waals surface area contributed by atoms with Gasteiger partial charge in [0.2, 0.25) is 0 Å². The summed E-state index contributed by atoms with van der Waals surface area (Å²) < 4.78 is 0. The molecule has 2 aromatic carbocycles. The van der Waals surface area contributed by atoms with E-state index in [1.54, 1.807) is 0 Å². The summed E-state index contributed by atoms with van der Waals surface area (Å²) in [7, 11) is 0. The molecule has 0 fully saturated rings. The first-order valence-corrected chi connectivity index (χ1v) is 5.66. The van der Waals surface area contributed by atoms with Gasteiger partial charge in [0, 0.05) is 11.1 Å². The van der Waals surface area contributed by atoms with Crippen molar-refractivity contribution in [3.05, 3.63) is 71.8 Å². The molecule has 17 heavy (non-hydrogen) atoms. The molecule has 2 heteroatoms. The monoisotopic (exact) mass is 220 g/mol. The molecule has 0 saturated heterocycles. The van der Waals surface area contributed by atoms with Crippen LogP contribution in [0.5, 0.6) is 0 Å². The number of nitrogens with zero attached hydrogens (tertiary/aromatic N) is 2. The fourth-order valence-electron chi connectivity index (χ4n) is 2.01. The Morgan fingerprint density at radius 2 is 1.29 bits per heavy atom. The van der Waals surface area contributed by atoms with Gasteiger partial charge in [-0.25, -0.2) is 0 Å². The highest BCUT2D eigenvalue weighted by atomic mass is 15.1. The molecule has 0 aliphatic carbocycles. The predicted octanol–water partition coefficient (Wildman–Crippen LogP) is 4.02. The summed E-state index contributed by atoms with van der Waals surface area (Å²) in [6.45, 7) is 0.675. The molecule has 3 rings (SSSR count). The molecular formula is C15H12N2. The Bertz CT molecular complexity index is 568. The van der Waals surface area contributed by atoms with Crippen LogP contribution in [0, 0.1) is 0 Å². The number of rotatable bonds is 2. The lowest BCUT2D eigenvalue weighted by Crippen LogP contribution is -1.88. The predicted molar refractivity (Wildman–Crippen MR) is 69.4 cm³/mol. The van der Waals surface area contributed by atoms with E-state index in [2.05, 4.69) is 34.5 Å². The van der Waals surface area contributed by atoms with Crippen molar-refractivity contribution < 1.29 is 0 Å². The summed E-state index contributed by atoms with van der Waals surface area (Å²) in [4.78, 5) is 0. The summed E-state index contributed by atoms with van der Waals surface area (Å²) in [6, 6.07) is 20.5. The van der Waals surface area contributed by atoms with E-state index in [0.29, 0.717) is 6.54 Å². The molecule has 82 valence electrons. The van der Waals surface area contributed by atoms with E-state index >= 15 is 0 Å². The zero-order valence-corrected chi connectivity index (χ0v) is 9.38. The fraction of sp³-hybridized carbons (Fsp3) is 0.0667. The van der Waals surface area contributed by atoms with Crippen molar-refractivity contribution in [3.8, 4) is 0 Å². The quantitative estimate of drug-likeness (QED) is 0.730. The van der Waals surface area contributed by atoms with Crippen molar-refractivity contribution >= 4 is 11.3 Å². The molecule has 0 spiro atoms. The van der Waals surface area contributed by atoms with E-state index in [1.807, 2.05) is 36.4 Å². The van der Waals surface area contributed by atoms with E-state index in [1.165, 1.54) is 11.1 Å². The molecule has 0 radical (unpaired) electrons. The Labute approximate surface area is 100 Å². The van der Waals surface area contributed by atoms with Gasteiger partial charge < -0.3 is 0 Å². The second kappa shape index (κ2) is 4.34. The van der Waals surface area contributed by atoms with E-state index in [9.17, 15) is 0 Å². The maximum absolute atomic E-state index is 4.27. The van der Waals surface area contributed by atoms with Gasteiger partial charge in [0.05, 0.1) is 12.2 Å². The van der Waals surface area contributed by atoms with Crippen molar-refractivity contribution in [2.75, 3.05) is 6.54 Å². The molecule has 0 saturated carbocycles. The summed E-state index contributed by atoms with van der Waals surface area (Å²) in [5.74, 6) is 0. The lowest BCUT2D eigenvalue weighted by molar-refractivity contribution is 1.15. The van der Waals surface area contributed by atoms with Crippen molar-refractivity contribution in [2.45, 2.75) is 0 Å². The fourth-order valence-corrected chi connectivity index (χ4v) is 2.01.